The molecule has 124 valence electrons. The van der Waals surface area contributed by atoms with Crippen molar-refractivity contribution < 1.29 is 4.42 Å². The first kappa shape index (κ1) is 15.8. The number of halogens is 1. The molecule has 0 N–H and O–H groups in total. The number of hydrogen-bond donors (Lipinski definition) is 0. The maximum absolute atomic E-state index is 6.10. The summed E-state index contributed by atoms with van der Waals surface area (Å²) in [5.41, 5.74) is 1.21. The highest BCUT2D eigenvalue weighted by Crippen LogP contribution is 2.35. The van der Waals surface area contributed by atoms with E-state index in [2.05, 4.69) is 34.2 Å². The van der Waals surface area contributed by atoms with Gasteiger partial charge < -0.3 is 4.42 Å². The van der Waals surface area contributed by atoms with Crippen LogP contribution in [-0.2, 0) is 6.54 Å². The topological polar surface area (TPSA) is 42.2 Å². The van der Waals surface area contributed by atoms with Gasteiger partial charge in [-0.25, -0.2) is 0 Å². The number of aryl methyl sites for hydroxylation is 1. The fourth-order valence-electron chi connectivity index (χ4n) is 3.18. The first-order valence-electron chi connectivity index (χ1n) is 8.08. The summed E-state index contributed by atoms with van der Waals surface area (Å²) in [5.74, 6) is 1.34. The van der Waals surface area contributed by atoms with Crippen molar-refractivity contribution >= 4 is 22.9 Å². The maximum Gasteiger partial charge on any atom is 0.257 e. The molecule has 0 amide bonds. The number of hydrogen-bond acceptors (Lipinski definition) is 5. The van der Waals surface area contributed by atoms with Gasteiger partial charge in [0.1, 0.15) is 0 Å². The highest BCUT2D eigenvalue weighted by Gasteiger charge is 2.30. The Hall–Kier alpha value is -1.69. The van der Waals surface area contributed by atoms with Gasteiger partial charge in [-0.2, -0.15) is 0 Å². The average molecular weight is 360 g/mol. The summed E-state index contributed by atoms with van der Waals surface area (Å²) in [7, 11) is 0. The lowest BCUT2D eigenvalue weighted by molar-refractivity contribution is 0.215. The predicted molar refractivity (Wildman–Crippen MR) is 96.2 cm³/mol. The van der Waals surface area contributed by atoms with Crippen LogP contribution < -0.4 is 0 Å². The molecule has 1 aromatic carbocycles. The van der Waals surface area contributed by atoms with Crippen molar-refractivity contribution in [1.82, 2.24) is 15.1 Å². The molecule has 1 fully saturated rings. The number of thiophene rings is 1. The third kappa shape index (κ3) is 3.24. The van der Waals surface area contributed by atoms with Crippen molar-refractivity contribution in [2.45, 2.75) is 32.4 Å². The second kappa shape index (κ2) is 6.67. The van der Waals surface area contributed by atoms with Crippen LogP contribution in [0.25, 0.3) is 10.8 Å². The molecule has 4 nitrogen and oxygen atoms in total. The SMILES string of the molecule is Cc1ccc(-c2nnc([C@@H]3CCCN3Cc3cccc(Cl)c3)o2)s1. The molecule has 0 unspecified atom stereocenters. The fourth-order valence-corrected chi connectivity index (χ4v) is 4.18. The van der Waals surface area contributed by atoms with Crippen molar-refractivity contribution in [3.8, 4) is 10.8 Å². The smallest absolute Gasteiger partial charge is 0.257 e. The van der Waals surface area contributed by atoms with E-state index in [-0.39, 0.29) is 6.04 Å². The second-order valence-corrected chi connectivity index (χ2v) is 7.84. The van der Waals surface area contributed by atoms with Crippen molar-refractivity contribution in [1.29, 1.82) is 0 Å². The van der Waals surface area contributed by atoms with Crippen molar-refractivity contribution in [3.05, 3.63) is 57.8 Å². The van der Waals surface area contributed by atoms with Crippen LogP contribution in [0.4, 0.5) is 0 Å². The molecule has 1 saturated heterocycles. The summed E-state index contributed by atoms with van der Waals surface area (Å²) in [4.78, 5) is 4.67. The Morgan fingerprint density at radius 3 is 3.00 bits per heavy atom. The second-order valence-electron chi connectivity index (χ2n) is 6.11. The number of aromatic nitrogens is 2. The van der Waals surface area contributed by atoms with E-state index in [1.54, 1.807) is 11.3 Å². The van der Waals surface area contributed by atoms with Gasteiger partial charge >= 0.3 is 0 Å². The summed E-state index contributed by atoms with van der Waals surface area (Å²) >= 11 is 7.78. The lowest BCUT2D eigenvalue weighted by atomic mass is 10.2. The van der Waals surface area contributed by atoms with Crippen LogP contribution in [0.5, 0.6) is 0 Å². The van der Waals surface area contributed by atoms with Crippen LogP contribution in [0.3, 0.4) is 0 Å². The van der Waals surface area contributed by atoms with Crippen LogP contribution in [-0.4, -0.2) is 21.6 Å². The highest BCUT2D eigenvalue weighted by molar-refractivity contribution is 7.15. The monoisotopic (exact) mass is 359 g/mol. The van der Waals surface area contributed by atoms with Gasteiger partial charge in [-0.15, -0.1) is 21.5 Å². The van der Waals surface area contributed by atoms with E-state index in [9.17, 15) is 0 Å². The van der Waals surface area contributed by atoms with E-state index in [0.717, 1.165) is 41.7 Å². The molecule has 1 aliphatic heterocycles. The van der Waals surface area contributed by atoms with Crippen LogP contribution in [0.1, 0.15) is 35.2 Å². The van der Waals surface area contributed by atoms with Gasteiger partial charge in [0, 0.05) is 16.4 Å². The van der Waals surface area contributed by atoms with E-state index in [1.165, 1.54) is 10.4 Å². The van der Waals surface area contributed by atoms with E-state index in [1.807, 2.05) is 24.3 Å². The molecule has 3 aromatic rings. The van der Waals surface area contributed by atoms with Gasteiger partial charge in [0.25, 0.3) is 5.89 Å². The lowest BCUT2D eigenvalue weighted by Gasteiger charge is -2.21. The van der Waals surface area contributed by atoms with Crippen molar-refractivity contribution in [2.75, 3.05) is 6.54 Å². The molecule has 4 rings (SSSR count). The third-order valence-electron chi connectivity index (χ3n) is 4.32. The first-order valence-corrected chi connectivity index (χ1v) is 9.27. The summed E-state index contributed by atoms with van der Waals surface area (Å²) in [6.07, 6.45) is 2.19. The number of likely N-dealkylation sites (tertiary alicyclic amines) is 1. The van der Waals surface area contributed by atoms with Gasteiger partial charge in [0.05, 0.1) is 10.9 Å². The predicted octanol–water partition coefficient (Wildman–Crippen LogP) is 5.10. The largest absolute Gasteiger partial charge is 0.418 e. The van der Waals surface area contributed by atoms with Crippen LogP contribution in [0.2, 0.25) is 5.02 Å². The Labute approximate surface area is 150 Å². The summed E-state index contributed by atoms with van der Waals surface area (Å²) in [6, 6.07) is 12.3. The molecule has 0 spiro atoms. The molecule has 3 heterocycles. The molecule has 0 bridgehead atoms. The zero-order valence-electron chi connectivity index (χ0n) is 13.4. The van der Waals surface area contributed by atoms with E-state index >= 15 is 0 Å². The quantitative estimate of drug-likeness (QED) is 0.650. The molecule has 1 aliphatic rings. The number of rotatable bonds is 4. The molecule has 0 aliphatic carbocycles. The minimum atomic E-state index is 0.186. The third-order valence-corrected chi connectivity index (χ3v) is 5.54. The van der Waals surface area contributed by atoms with E-state index < -0.39 is 0 Å². The standard InChI is InChI=1S/C18H18ClN3OS/c1-12-7-8-16(24-12)18-21-20-17(23-18)15-6-3-9-22(15)11-13-4-2-5-14(19)10-13/h2,4-5,7-8,10,15H,3,6,9,11H2,1H3/t15-/m0/s1. The number of nitrogens with zero attached hydrogens (tertiary/aromatic N) is 3. The molecule has 2 aromatic heterocycles. The van der Waals surface area contributed by atoms with Gasteiger partial charge in [-0.05, 0) is 56.1 Å². The zero-order valence-corrected chi connectivity index (χ0v) is 15.0. The van der Waals surface area contributed by atoms with Crippen LogP contribution >= 0.6 is 22.9 Å². The Bertz CT molecular complexity index is 844. The Morgan fingerprint density at radius 1 is 1.29 bits per heavy atom. The minimum Gasteiger partial charge on any atom is -0.418 e. The van der Waals surface area contributed by atoms with Crippen LogP contribution in [0, 0.1) is 6.92 Å². The highest BCUT2D eigenvalue weighted by atomic mass is 35.5. The Balaban J connectivity index is 1.53. The summed E-state index contributed by atoms with van der Waals surface area (Å²) < 4.78 is 5.98. The van der Waals surface area contributed by atoms with E-state index in [0.29, 0.717) is 5.89 Å². The molecule has 0 radical (unpaired) electrons. The molecular weight excluding hydrogens is 342 g/mol. The minimum absolute atomic E-state index is 0.186. The summed E-state index contributed by atoms with van der Waals surface area (Å²) in [6.45, 7) is 3.96. The van der Waals surface area contributed by atoms with Gasteiger partial charge in [-0.3, -0.25) is 4.90 Å². The van der Waals surface area contributed by atoms with Crippen molar-refractivity contribution in [2.24, 2.45) is 0 Å². The molecular formula is C18H18ClN3OS. The van der Waals surface area contributed by atoms with Gasteiger partial charge in [0.15, 0.2) is 0 Å². The van der Waals surface area contributed by atoms with Crippen LogP contribution in [0.15, 0.2) is 40.8 Å². The lowest BCUT2D eigenvalue weighted by Crippen LogP contribution is -2.23. The summed E-state index contributed by atoms with van der Waals surface area (Å²) in [5, 5.41) is 9.34. The maximum atomic E-state index is 6.10. The molecule has 24 heavy (non-hydrogen) atoms. The number of benzene rings is 1. The molecule has 6 heteroatoms. The zero-order chi connectivity index (χ0) is 16.5. The normalized spacial score (nSPS) is 18.3. The Morgan fingerprint density at radius 2 is 2.21 bits per heavy atom. The Kier molecular flexibility index (Phi) is 4.39. The fraction of sp³-hybridized carbons (Fsp3) is 0.333. The van der Waals surface area contributed by atoms with Crippen molar-refractivity contribution in [3.63, 3.8) is 0 Å². The molecule has 1 atom stereocenters. The van der Waals surface area contributed by atoms with Gasteiger partial charge in [0.2, 0.25) is 5.89 Å². The average Bonchev–Trinajstić information content (AvgIpc) is 3.27. The van der Waals surface area contributed by atoms with E-state index in [4.69, 9.17) is 16.0 Å². The first-order chi connectivity index (χ1) is 11.7. The van der Waals surface area contributed by atoms with Gasteiger partial charge in [-0.1, -0.05) is 23.7 Å². The molecule has 0 saturated carbocycles.